The minimum absolute atomic E-state index is 0.124. The molecule has 0 aliphatic carbocycles. The van der Waals surface area contributed by atoms with Crippen molar-refractivity contribution in [3.05, 3.63) is 0 Å². The molecule has 0 aromatic heterocycles. The van der Waals surface area contributed by atoms with Crippen LogP contribution in [-0.4, -0.2) is 30.4 Å². The number of carbonyl (C=O) groups is 2. The first-order valence-corrected chi connectivity index (χ1v) is 9.45. The topological polar surface area (TPSA) is 95.4 Å². The summed E-state index contributed by atoms with van der Waals surface area (Å²) in [6, 6.07) is 0. The largest absolute Gasteiger partial charge is 0.460 e. The summed E-state index contributed by atoms with van der Waals surface area (Å²) < 4.78 is 5.51. The zero-order valence-corrected chi connectivity index (χ0v) is 15.9. The summed E-state index contributed by atoms with van der Waals surface area (Å²) in [7, 11) is 0. The van der Waals surface area contributed by atoms with E-state index in [1.165, 1.54) is 0 Å². The van der Waals surface area contributed by atoms with Crippen molar-refractivity contribution in [3.8, 4) is 0 Å². The summed E-state index contributed by atoms with van der Waals surface area (Å²) in [5, 5.41) is 0. The van der Waals surface area contributed by atoms with Crippen LogP contribution in [-0.2, 0) is 14.3 Å². The predicted molar refractivity (Wildman–Crippen MR) is 98.6 cm³/mol. The van der Waals surface area contributed by atoms with Gasteiger partial charge in [0.1, 0.15) is 11.4 Å². The monoisotopic (exact) mass is 342 g/mol. The first-order valence-electron chi connectivity index (χ1n) is 9.45. The van der Waals surface area contributed by atoms with Gasteiger partial charge >= 0.3 is 5.97 Å². The molecule has 0 aromatic rings. The van der Waals surface area contributed by atoms with Crippen LogP contribution in [0.1, 0.15) is 85.0 Å². The van der Waals surface area contributed by atoms with E-state index >= 15 is 0 Å². The fourth-order valence-corrected chi connectivity index (χ4v) is 2.61. The minimum atomic E-state index is -0.470. The van der Waals surface area contributed by atoms with Crippen molar-refractivity contribution in [1.29, 1.82) is 0 Å². The van der Waals surface area contributed by atoms with Crippen molar-refractivity contribution in [2.75, 3.05) is 13.1 Å². The fraction of sp³-hybridized carbons (Fsp3) is 0.895. The van der Waals surface area contributed by atoms with E-state index in [-0.39, 0.29) is 17.7 Å². The Morgan fingerprint density at radius 2 is 1.38 bits per heavy atom. The summed E-state index contributed by atoms with van der Waals surface area (Å²) in [4.78, 5) is 24.2. The van der Waals surface area contributed by atoms with Crippen molar-refractivity contribution >= 4 is 11.8 Å². The number of ketones is 1. The number of unbranched alkanes of at least 4 members (excludes halogenated alkanes) is 3. The van der Waals surface area contributed by atoms with E-state index in [1.807, 2.05) is 20.8 Å². The Morgan fingerprint density at radius 3 is 1.96 bits per heavy atom. The second kappa shape index (κ2) is 13.4. The lowest BCUT2D eigenvalue weighted by atomic mass is 9.94. The quantitative estimate of drug-likeness (QED) is 0.373. The Balaban J connectivity index is 4.20. The number of carbonyl (C=O) groups excluding carboxylic acids is 2. The van der Waals surface area contributed by atoms with E-state index in [9.17, 15) is 9.59 Å². The molecule has 142 valence electrons. The molecular weight excluding hydrogens is 304 g/mol. The molecule has 0 aliphatic heterocycles. The van der Waals surface area contributed by atoms with E-state index < -0.39 is 5.60 Å². The Bertz CT molecular complexity index is 351. The van der Waals surface area contributed by atoms with Crippen LogP contribution in [0.2, 0.25) is 0 Å². The van der Waals surface area contributed by atoms with Crippen LogP contribution in [0.3, 0.4) is 0 Å². The van der Waals surface area contributed by atoms with Gasteiger partial charge in [-0.3, -0.25) is 9.59 Å². The first kappa shape index (κ1) is 23.1. The van der Waals surface area contributed by atoms with Crippen LogP contribution < -0.4 is 11.5 Å². The van der Waals surface area contributed by atoms with Gasteiger partial charge in [-0.05, 0) is 72.4 Å². The number of Topliss-reactive ketones (excluding diaryl/α,β-unsaturated/α-hetero) is 1. The van der Waals surface area contributed by atoms with E-state index in [1.54, 1.807) is 0 Å². The van der Waals surface area contributed by atoms with Gasteiger partial charge in [-0.2, -0.15) is 0 Å². The van der Waals surface area contributed by atoms with Gasteiger partial charge in [0.25, 0.3) is 0 Å². The van der Waals surface area contributed by atoms with Crippen LogP contribution in [0, 0.1) is 5.92 Å². The number of hydrogen-bond acceptors (Lipinski definition) is 5. The SMILES string of the molecule is CC(C)(C)OC(=O)C(CCCCN)CCCC(=O)CCCCCN. The maximum atomic E-state index is 12.3. The number of nitrogens with two attached hydrogens (primary N) is 2. The summed E-state index contributed by atoms with van der Waals surface area (Å²) in [5.41, 5.74) is 10.5. The van der Waals surface area contributed by atoms with Crippen molar-refractivity contribution in [2.45, 2.75) is 90.6 Å². The third kappa shape index (κ3) is 13.5. The average Bonchev–Trinajstić information content (AvgIpc) is 2.48. The number of esters is 1. The highest BCUT2D eigenvalue weighted by molar-refractivity contribution is 5.78. The Kier molecular flexibility index (Phi) is 12.8. The van der Waals surface area contributed by atoms with E-state index in [0.29, 0.717) is 32.4 Å². The van der Waals surface area contributed by atoms with Crippen LogP contribution in [0.15, 0.2) is 0 Å². The molecule has 0 saturated carbocycles. The third-order valence-electron chi connectivity index (χ3n) is 3.91. The van der Waals surface area contributed by atoms with Crippen LogP contribution in [0.25, 0.3) is 0 Å². The molecule has 0 fully saturated rings. The van der Waals surface area contributed by atoms with Crippen molar-refractivity contribution < 1.29 is 14.3 Å². The molecular formula is C19H38N2O3. The Morgan fingerprint density at radius 1 is 0.833 bits per heavy atom. The van der Waals surface area contributed by atoms with Crippen molar-refractivity contribution in [3.63, 3.8) is 0 Å². The average molecular weight is 343 g/mol. The molecule has 0 amide bonds. The molecule has 0 heterocycles. The van der Waals surface area contributed by atoms with Crippen molar-refractivity contribution in [2.24, 2.45) is 17.4 Å². The lowest BCUT2D eigenvalue weighted by Gasteiger charge is -2.24. The number of rotatable bonds is 14. The fourth-order valence-electron chi connectivity index (χ4n) is 2.61. The van der Waals surface area contributed by atoms with E-state index in [2.05, 4.69) is 0 Å². The maximum absolute atomic E-state index is 12.3. The zero-order chi connectivity index (χ0) is 18.4. The van der Waals surface area contributed by atoms with Crippen molar-refractivity contribution in [1.82, 2.24) is 0 Å². The lowest BCUT2D eigenvalue weighted by molar-refractivity contribution is -0.160. The predicted octanol–water partition coefficient (Wildman–Crippen LogP) is 3.33. The molecule has 1 atom stereocenters. The molecule has 0 saturated heterocycles. The van der Waals surface area contributed by atoms with Gasteiger partial charge in [0.15, 0.2) is 0 Å². The van der Waals surface area contributed by atoms with Gasteiger partial charge in [0.05, 0.1) is 5.92 Å². The normalized spacial score (nSPS) is 12.9. The van der Waals surface area contributed by atoms with Gasteiger partial charge in [-0.1, -0.05) is 12.8 Å². The van der Waals surface area contributed by atoms with Gasteiger partial charge < -0.3 is 16.2 Å². The summed E-state index contributed by atoms with van der Waals surface area (Å²) in [6.45, 7) is 6.98. The van der Waals surface area contributed by atoms with E-state index in [4.69, 9.17) is 16.2 Å². The second-order valence-electron chi connectivity index (χ2n) is 7.55. The standard InChI is InChI=1S/C19H38N2O3/c1-19(2,3)24-18(23)16(10-6-8-15-21)11-9-13-17(22)12-5-4-7-14-20/h16H,4-15,20-21H2,1-3H3. The molecule has 0 spiro atoms. The molecule has 5 nitrogen and oxygen atoms in total. The first-order chi connectivity index (χ1) is 11.3. The highest BCUT2D eigenvalue weighted by atomic mass is 16.6. The maximum Gasteiger partial charge on any atom is 0.309 e. The summed E-state index contributed by atoms with van der Waals surface area (Å²) in [6.07, 6.45) is 8.20. The summed E-state index contributed by atoms with van der Waals surface area (Å²) >= 11 is 0. The van der Waals surface area contributed by atoms with Gasteiger partial charge in [0.2, 0.25) is 0 Å². The van der Waals surface area contributed by atoms with Crippen LogP contribution in [0.5, 0.6) is 0 Å². The number of ether oxygens (including phenoxy) is 1. The highest BCUT2D eigenvalue weighted by Crippen LogP contribution is 2.21. The molecule has 0 rings (SSSR count). The van der Waals surface area contributed by atoms with Crippen LogP contribution >= 0.6 is 0 Å². The number of hydrogen-bond donors (Lipinski definition) is 2. The van der Waals surface area contributed by atoms with E-state index in [0.717, 1.165) is 44.9 Å². The van der Waals surface area contributed by atoms with Crippen LogP contribution in [0.4, 0.5) is 0 Å². The molecule has 4 N–H and O–H groups in total. The third-order valence-corrected chi connectivity index (χ3v) is 3.91. The Labute approximate surface area is 147 Å². The molecule has 24 heavy (non-hydrogen) atoms. The molecule has 1 unspecified atom stereocenters. The highest BCUT2D eigenvalue weighted by Gasteiger charge is 2.24. The smallest absolute Gasteiger partial charge is 0.309 e. The molecule has 5 heteroatoms. The summed E-state index contributed by atoms with van der Waals surface area (Å²) in [5.74, 6) is 0.0210. The Hall–Kier alpha value is -0.940. The molecule has 0 aliphatic rings. The van der Waals surface area contributed by atoms with Gasteiger partial charge in [0, 0.05) is 12.8 Å². The lowest BCUT2D eigenvalue weighted by Crippen LogP contribution is -2.29. The van der Waals surface area contributed by atoms with Gasteiger partial charge in [-0.15, -0.1) is 0 Å². The minimum Gasteiger partial charge on any atom is -0.460 e. The molecule has 0 bridgehead atoms. The molecule has 0 radical (unpaired) electrons. The second-order valence-corrected chi connectivity index (χ2v) is 7.55. The molecule has 0 aromatic carbocycles. The van der Waals surface area contributed by atoms with Gasteiger partial charge in [-0.25, -0.2) is 0 Å². The zero-order valence-electron chi connectivity index (χ0n) is 15.9.